The summed E-state index contributed by atoms with van der Waals surface area (Å²) in [5.74, 6) is -0.537. The number of carbonyl (C=O) groups excluding carboxylic acids is 1. The SMILES string of the molecule is COC(=O)Cc1ccc(CS(N)(=O)=O)cc1. The van der Waals surface area contributed by atoms with Crippen LogP contribution >= 0.6 is 0 Å². The van der Waals surface area contributed by atoms with Crippen molar-refractivity contribution in [2.45, 2.75) is 12.2 Å². The Morgan fingerprint density at radius 2 is 1.75 bits per heavy atom. The maximum absolute atomic E-state index is 11.0. The van der Waals surface area contributed by atoms with Crippen molar-refractivity contribution in [1.82, 2.24) is 0 Å². The van der Waals surface area contributed by atoms with Crippen molar-refractivity contribution in [3.05, 3.63) is 35.4 Å². The number of primary sulfonamides is 1. The number of benzene rings is 1. The van der Waals surface area contributed by atoms with Gasteiger partial charge in [0, 0.05) is 0 Å². The lowest BCUT2D eigenvalue weighted by atomic mass is 10.1. The van der Waals surface area contributed by atoms with Crippen LogP contribution in [0.4, 0.5) is 0 Å². The highest BCUT2D eigenvalue weighted by Gasteiger charge is 2.06. The summed E-state index contributed by atoms with van der Waals surface area (Å²) < 4.78 is 26.1. The van der Waals surface area contributed by atoms with Crippen molar-refractivity contribution in [2.24, 2.45) is 5.14 Å². The summed E-state index contributed by atoms with van der Waals surface area (Å²) in [7, 11) is -2.19. The second kappa shape index (κ2) is 5.09. The van der Waals surface area contributed by atoms with Gasteiger partial charge in [-0.2, -0.15) is 0 Å². The van der Waals surface area contributed by atoms with Gasteiger partial charge in [-0.05, 0) is 11.1 Å². The van der Waals surface area contributed by atoms with Gasteiger partial charge in [0.25, 0.3) is 0 Å². The standard InChI is InChI=1S/C10H13NO4S/c1-15-10(12)6-8-2-4-9(5-3-8)7-16(11,13)14/h2-5H,6-7H2,1H3,(H2,11,13,14). The number of carbonyl (C=O) groups is 1. The van der Waals surface area contributed by atoms with Crippen molar-refractivity contribution in [2.75, 3.05) is 7.11 Å². The van der Waals surface area contributed by atoms with Gasteiger partial charge in [-0.15, -0.1) is 0 Å². The zero-order valence-corrected chi connectivity index (χ0v) is 9.66. The number of rotatable bonds is 4. The van der Waals surface area contributed by atoms with Crippen molar-refractivity contribution in [3.8, 4) is 0 Å². The van der Waals surface area contributed by atoms with Gasteiger partial charge in [-0.25, -0.2) is 13.6 Å². The highest BCUT2D eigenvalue weighted by Crippen LogP contribution is 2.07. The van der Waals surface area contributed by atoms with E-state index in [4.69, 9.17) is 5.14 Å². The van der Waals surface area contributed by atoms with Crippen LogP contribution < -0.4 is 5.14 Å². The molecule has 1 rings (SSSR count). The average molecular weight is 243 g/mol. The van der Waals surface area contributed by atoms with E-state index >= 15 is 0 Å². The molecule has 0 heterocycles. The van der Waals surface area contributed by atoms with Gasteiger partial charge in [0.1, 0.15) is 0 Å². The fourth-order valence-corrected chi connectivity index (χ4v) is 1.88. The smallest absolute Gasteiger partial charge is 0.309 e. The Morgan fingerprint density at radius 1 is 1.25 bits per heavy atom. The first kappa shape index (κ1) is 12.7. The fourth-order valence-electron chi connectivity index (χ4n) is 1.22. The van der Waals surface area contributed by atoms with Gasteiger partial charge in [0.15, 0.2) is 0 Å². The zero-order chi connectivity index (χ0) is 12.2. The van der Waals surface area contributed by atoms with E-state index in [1.54, 1.807) is 24.3 Å². The Kier molecular flexibility index (Phi) is 4.03. The number of ether oxygens (including phenoxy) is 1. The minimum absolute atomic E-state index is 0.173. The summed E-state index contributed by atoms with van der Waals surface area (Å²) in [5, 5.41) is 4.91. The van der Waals surface area contributed by atoms with Crippen LogP contribution in [0.1, 0.15) is 11.1 Å². The topological polar surface area (TPSA) is 86.5 Å². The molecule has 0 saturated heterocycles. The summed E-state index contributed by atoms with van der Waals surface area (Å²) in [6.07, 6.45) is 0.173. The third-order valence-corrected chi connectivity index (χ3v) is 2.70. The maximum atomic E-state index is 11.0. The Morgan fingerprint density at radius 3 is 2.19 bits per heavy atom. The summed E-state index contributed by atoms with van der Waals surface area (Å²) in [4.78, 5) is 11.0. The number of sulfonamides is 1. The van der Waals surface area contributed by atoms with E-state index in [0.29, 0.717) is 5.56 Å². The predicted octanol–water partition coefficient (Wildman–Crippen LogP) is 0.191. The first-order valence-electron chi connectivity index (χ1n) is 4.56. The van der Waals surface area contributed by atoms with Gasteiger partial charge >= 0.3 is 5.97 Å². The molecule has 0 unspecified atom stereocenters. The highest BCUT2D eigenvalue weighted by molar-refractivity contribution is 7.88. The molecular formula is C10H13NO4S. The van der Waals surface area contributed by atoms with Crippen LogP contribution in [0.15, 0.2) is 24.3 Å². The second-order valence-corrected chi connectivity index (χ2v) is 4.99. The molecule has 1 aromatic carbocycles. The van der Waals surface area contributed by atoms with Crippen LogP contribution in [0.3, 0.4) is 0 Å². The summed E-state index contributed by atoms with van der Waals surface area (Å²) >= 11 is 0. The molecule has 6 heteroatoms. The van der Waals surface area contributed by atoms with Gasteiger partial charge in [-0.1, -0.05) is 24.3 Å². The number of nitrogens with two attached hydrogens (primary N) is 1. The van der Waals surface area contributed by atoms with Crippen LogP contribution in [0.2, 0.25) is 0 Å². The molecular weight excluding hydrogens is 230 g/mol. The first-order valence-corrected chi connectivity index (χ1v) is 6.27. The van der Waals surface area contributed by atoms with Gasteiger partial charge in [-0.3, -0.25) is 4.79 Å². The Bertz CT molecular complexity index is 464. The average Bonchev–Trinajstić information content (AvgIpc) is 2.18. The number of hydrogen-bond acceptors (Lipinski definition) is 4. The van der Waals surface area contributed by atoms with Gasteiger partial charge in [0.2, 0.25) is 10.0 Å². The molecule has 2 N–H and O–H groups in total. The molecule has 0 saturated carbocycles. The third-order valence-electron chi connectivity index (χ3n) is 1.97. The van der Waals surface area contributed by atoms with E-state index in [1.807, 2.05) is 0 Å². The second-order valence-electron chi connectivity index (χ2n) is 3.38. The molecule has 0 aromatic heterocycles. The van der Waals surface area contributed by atoms with E-state index in [-0.39, 0.29) is 18.1 Å². The number of hydrogen-bond donors (Lipinski definition) is 1. The lowest BCUT2D eigenvalue weighted by Crippen LogP contribution is -2.14. The molecule has 88 valence electrons. The Balaban J connectivity index is 2.72. The molecule has 0 spiro atoms. The molecule has 0 fully saturated rings. The van der Waals surface area contributed by atoms with E-state index in [1.165, 1.54) is 7.11 Å². The molecule has 0 atom stereocenters. The van der Waals surface area contributed by atoms with Crippen molar-refractivity contribution in [1.29, 1.82) is 0 Å². The summed E-state index contributed by atoms with van der Waals surface area (Å²) in [5.41, 5.74) is 1.36. The van der Waals surface area contributed by atoms with Crippen LogP contribution in [0.5, 0.6) is 0 Å². The first-order chi connectivity index (χ1) is 7.40. The Labute approximate surface area is 94.3 Å². The normalized spacial score (nSPS) is 11.1. The maximum Gasteiger partial charge on any atom is 0.309 e. The molecule has 1 aromatic rings. The molecule has 0 amide bonds. The minimum Gasteiger partial charge on any atom is -0.469 e. The zero-order valence-electron chi connectivity index (χ0n) is 8.84. The molecule has 0 aliphatic heterocycles. The van der Waals surface area contributed by atoms with Gasteiger partial charge in [0.05, 0.1) is 19.3 Å². The fraction of sp³-hybridized carbons (Fsp3) is 0.300. The van der Waals surface area contributed by atoms with Crippen molar-refractivity contribution >= 4 is 16.0 Å². The quantitative estimate of drug-likeness (QED) is 0.765. The lowest BCUT2D eigenvalue weighted by Gasteiger charge is -2.02. The van der Waals surface area contributed by atoms with E-state index in [0.717, 1.165) is 5.56 Å². The highest BCUT2D eigenvalue weighted by atomic mass is 32.2. The monoisotopic (exact) mass is 243 g/mol. The molecule has 0 radical (unpaired) electrons. The van der Waals surface area contributed by atoms with E-state index in [2.05, 4.69) is 4.74 Å². The largest absolute Gasteiger partial charge is 0.469 e. The number of esters is 1. The summed E-state index contributed by atoms with van der Waals surface area (Å²) in [6.45, 7) is 0. The van der Waals surface area contributed by atoms with E-state index in [9.17, 15) is 13.2 Å². The van der Waals surface area contributed by atoms with Crippen LogP contribution in [-0.4, -0.2) is 21.5 Å². The minimum atomic E-state index is -3.51. The Hall–Kier alpha value is -1.40. The molecule has 0 aliphatic rings. The van der Waals surface area contributed by atoms with Crippen LogP contribution in [0.25, 0.3) is 0 Å². The van der Waals surface area contributed by atoms with Crippen molar-refractivity contribution in [3.63, 3.8) is 0 Å². The van der Waals surface area contributed by atoms with Crippen molar-refractivity contribution < 1.29 is 17.9 Å². The molecule has 0 bridgehead atoms. The van der Waals surface area contributed by atoms with Gasteiger partial charge < -0.3 is 4.74 Å². The van der Waals surface area contributed by atoms with Crippen LogP contribution in [-0.2, 0) is 31.7 Å². The molecule has 16 heavy (non-hydrogen) atoms. The third kappa shape index (κ3) is 4.41. The molecule has 5 nitrogen and oxygen atoms in total. The molecule has 0 aliphatic carbocycles. The lowest BCUT2D eigenvalue weighted by molar-refractivity contribution is -0.139. The van der Waals surface area contributed by atoms with Crippen LogP contribution in [0, 0.1) is 0 Å². The predicted molar refractivity (Wildman–Crippen MR) is 59.0 cm³/mol. The number of methoxy groups -OCH3 is 1. The summed E-state index contributed by atoms with van der Waals surface area (Å²) in [6, 6.07) is 6.61. The van der Waals surface area contributed by atoms with E-state index < -0.39 is 10.0 Å².